The van der Waals surface area contributed by atoms with Gasteiger partial charge in [-0.1, -0.05) is 6.92 Å². The molecule has 18 heavy (non-hydrogen) atoms. The molecule has 1 aliphatic rings. The van der Waals surface area contributed by atoms with Gasteiger partial charge in [0.25, 0.3) is 0 Å². The van der Waals surface area contributed by atoms with Crippen LogP contribution in [0.3, 0.4) is 0 Å². The molecule has 4 heteroatoms. The molecule has 0 spiro atoms. The summed E-state index contributed by atoms with van der Waals surface area (Å²) in [5.41, 5.74) is 0. The summed E-state index contributed by atoms with van der Waals surface area (Å²) >= 11 is 0. The molecule has 0 bridgehead atoms. The van der Waals surface area contributed by atoms with E-state index in [4.69, 9.17) is 0 Å². The van der Waals surface area contributed by atoms with Gasteiger partial charge in [-0.3, -0.25) is 9.59 Å². The van der Waals surface area contributed by atoms with E-state index in [1.54, 1.807) is 4.90 Å². The van der Waals surface area contributed by atoms with Crippen molar-refractivity contribution in [2.75, 3.05) is 13.1 Å². The Morgan fingerprint density at radius 1 is 1.33 bits per heavy atom. The highest BCUT2D eigenvalue weighted by Gasteiger charge is 2.27. The van der Waals surface area contributed by atoms with E-state index in [0.29, 0.717) is 6.04 Å². The van der Waals surface area contributed by atoms with Crippen molar-refractivity contribution >= 4 is 11.8 Å². The van der Waals surface area contributed by atoms with E-state index in [1.807, 2.05) is 18.7 Å². The molecule has 4 nitrogen and oxygen atoms in total. The molecule has 1 unspecified atom stereocenters. The van der Waals surface area contributed by atoms with E-state index >= 15 is 0 Å². The quantitative estimate of drug-likeness (QED) is 0.770. The number of nitrogens with zero attached hydrogens (tertiary/aromatic N) is 2. The molecule has 0 aromatic heterocycles. The van der Waals surface area contributed by atoms with Gasteiger partial charge in [-0.05, 0) is 39.5 Å². The molecular weight excluding hydrogens is 228 g/mol. The second-order valence-corrected chi connectivity index (χ2v) is 5.39. The topological polar surface area (TPSA) is 40.6 Å². The van der Waals surface area contributed by atoms with Gasteiger partial charge in [0.05, 0.1) is 6.54 Å². The van der Waals surface area contributed by atoms with Gasteiger partial charge in [0.1, 0.15) is 0 Å². The molecule has 0 aromatic rings. The average Bonchev–Trinajstić information content (AvgIpc) is 2.34. The van der Waals surface area contributed by atoms with Crippen LogP contribution in [0.1, 0.15) is 53.4 Å². The largest absolute Gasteiger partial charge is 0.338 e. The predicted octanol–water partition coefficient (Wildman–Crippen LogP) is 2.03. The van der Waals surface area contributed by atoms with Crippen LogP contribution < -0.4 is 0 Å². The van der Waals surface area contributed by atoms with E-state index in [1.165, 1.54) is 13.3 Å². The Morgan fingerprint density at radius 3 is 2.50 bits per heavy atom. The first-order valence-electron chi connectivity index (χ1n) is 7.04. The summed E-state index contributed by atoms with van der Waals surface area (Å²) in [6, 6.07) is 0.448. The van der Waals surface area contributed by atoms with Gasteiger partial charge in [0.15, 0.2) is 0 Å². The molecule has 1 fully saturated rings. The fraction of sp³-hybridized carbons (Fsp3) is 0.857. The molecule has 1 aliphatic heterocycles. The van der Waals surface area contributed by atoms with Crippen molar-refractivity contribution in [1.82, 2.24) is 9.80 Å². The number of carbonyl (C=O) groups is 2. The Kier molecular flexibility index (Phi) is 5.63. The summed E-state index contributed by atoms with van der Waals surface area (Å²) in [7, 11) is 0. The molecule has 0 aromatic carbocycles. The zero-order chi connectivity index (χ0) is 13.7. The van der Waals surface area contributed by atoms with Gasteiger partial charge in [-0.2, -0.15) is 0 Å². The van der Waals surface area contributed by atoms with Gasteiger partial charge >= 0.3 is 0 Å². The maximum atomic E-state index is 12.3. The van der Waals surface area contributed by atoms with Crippen LogP contribution in [0.5, 0.6) is 0 Å². The van der Waals surface area contributed by atoms with Crippen LogP contribution in [0.4, 0.5) is 0 Å². The van der Waals surface area contributed by atoms with Crippen LogP contribution in [0.25, 0.3) is 0 Å². The molecule has 104 valence electrons. The lowest BCUT2D eigenvalue weighted by molar-refractivity contribution is -0.143. The van der Waals surface area contributed by atoms with Crippen LogP contribution in [-0.2, 0) is 9.59 Å². The predicted molar refractivity (Wildman–Crippen MR) is 72.2 cm³/mol. The van der Waals surface area contributed by atoms with Crippen molar-refractivity contribution < 1.29 is 9.59 Å². The number of amides is 2. The monoisotopic (exact) mass is 254 g/mol. The van der Waals surface area contributed by atoms with E-state index in [2.05, 4.69) is 6.92 Å². The number of likely N-dealkylation sites (tertiary alicyclic amines) is 1. The first kappa shape index (κ1) is 15.0. The molecule has 0 saturated carbocycles. The zero-order valence-electron chi connectivity index (χ0n) is 12.1. The molecule has 1 saturated heterocycles. The number of piperidine rings is 1. The molecule has 1 rings (SSSR count). The zero-order valence-corrected chi connectivity index (χ0v) is 12.1. The highest BCUT2D eigenvalue weighted by molar-refractivity contribution is 5.84. The maximum Gasteiger partial charge on any atom is 0.242 e. The second-order valence-electron chi connectivity index (χ2n) is 5.39. The smallest absolute Gasteiger partial charge is 0.242 e. The van der Waals surface area contributed by atoms with Gasteiger partial charge in [-0.15, -0.1) is 0 Å². The molecular formula is C14H26N2O2. The van der Waals surface area contributed by atoms with Crippen molar-refractivity contribution in [3.63, 3.8) is 0 Å². The van der Waals surface area contributed by atoms with E-state index in [-0.39, 0.29) is 24.4 Å². The molecule has 1 heterocycles. The fourth-order valence-electron chi connectivity index (χ4n) is 2.65. The molecule has 2 amide bonds. The number of hydrogen-bond acceptors (Lipinski definition) is 2. The SMILES string of the molecule is CCC1CCCCN1C(=O)CN(C(C)=O)C(C)C. The van der Waals surface area contributed by atoms with Crippen molar-refractivity contribution in [1.29, 1.82) is 0 Å². The number of hydrogen-bond donors (Lipinski definition) is 0. The van der Waals surface area contributed by atoms with E-state index in [0.717, 1.165) is 25.8 Å². The van der Waals surface area contributed by atoms with Crippen LogP contribution >= 0.6 is 0 Å². The number of rotatable bonds is 4. The first-order valence-corrected chi connectivity index (χ1v) is 7.04. The summed E-state index contributed by atoms with van der Waals surface area (Å²) < 4.78 is 0. The van der Waals surface area contributed by atoms with E-state index < -0.39 is 0 Å². The molecule has 1 atom stereocenters. The molecule has 0 aliphatic carbocycles. The van der Waals surface area contributed by atoms with Crippen molar-refractivity contribution in [2.45, 2.75) is 65.5 Å². The highest BCUT2D eigenvalue weighted by atomic mass is 16.2. The lowest BCUT2D eigenvalue weighted by Crippen LogP contribution is -2.50. The minimum Gasteiger partial charge on any atom is -0.338 e. The highest BCUT2D eigenvalue weighted by Crippen LogP contribution is 2.19. The standard InChI is InChI=1S/C14H26N2O2/c1-5-13-8-6-7-9-15(13)14(18)10-16(11(2)3)12(4)17/h11,13H,5-10H2,1-4H3. The van der Waals surface area contributed by atoms with Crippen LogP contribution in [-0.4, -0.2) is 46.8 Å². The summed E-state index contributed by atoms with van der Waals surface area (Å²) in [4.78, 5) is 27.4. The first-order chi connectivity index (χ1) is 8.47. The normalized spacial score (nSPS) is 20.1. The minimum atomic E-state index is -0.0246. The third-order valence-corrected chi connectivity index (χ3v) is 3.75. The summed E-state index contributed by atoms with van der Waals surface area (Å²) in [5.74, 6) is 0.0776. The lowest BCUT2D eigenvalue weighted by atomic mass is 10.00. The van der Waals surface area contributed by atoms with Gasteiger partial charge in [0.2, 0.25) is 11.8 Å². The summed E-state index contributed by atoms with van der Waals surface area (Å²) in [5, 5.41) is 0. The van der Waals surface area contributed by atoms with Gasteiger partial charge in [-0.25, -0.2) is 0 Å². The Morgan fingerprint density at radius 2 is 2.00 bits per heavy atom. The second kappa shape index (κ2) is 6.76. The van der Waals surface area contributed by atoms with Crippen molar-refractivity contribution in [2.24, 2.45) is 0 Å². The van der Waals surface area contributed by atoms with Crippen LogP contribution in [0.2, 0.25) is 0 Å². The molecule has 0 N–H and O–H groups in total. The molecule has 0 radical (unpaired) electrons. The minimum absolute atomic E-state index is 0.0246. The van der Waals surface area contributed by atoms with Crippen molar-refractivity contribution in [3.05, 3.63) is 0 Å². The van der Waals surface area contributed by atoms with Gasteiger partial charge in [0, 0.05) is 25.6 Å². The van der Waals surface area contributed by atoms with Crippen LogP contribution in [0, 0.1) is 0 Å². The lowest BCUT2D eigenvalue weighted by Gasteiger charge is -2.37. The summed E-state index contributed by atoms with van der Waals surface area (Å²) in [6.07, 6.45) is 4.41. The Labute approximate surface area is 110 Å². The Balaban J connectivity index is 2.64. The average molecular weight is 254 g/mol. The summed E-state index contributed by atoms with van der Waals surface area (Å²) in [6.45, 7) is 8.62. The maximum absolute atomic E-state index is 12.3. The van der Waals surface area contributed by atoms with Gasteiger partial charge < -0.3 is 9.80 Å². The van der Waals surface area contributed by atoms with Crippen molar-refractivity contribution in [3.8, 4) is 0 Å². The fourth-order valence-corrected chi connectivity index (χ4v) is 2.65. The third kappa shape index (κ3) is 3.72. The van der Waals surface area contributed by atoms with Crippen LogP contribution in [0.15, 0.2) is 0 Å². The Bertz CT molecular complexity index is 302. The number of carbonyl (C=O) groups excluding carboxylic acids is 2. The Hall–Kier alpha value is -1.06. The third-order valence-electron chi connectivity index (χ3n) is 3.75. The van der Waals surface area contributed by atoms with E-state index in [9.17, 15) is 9.59 Å².